The lowest BCUT2D eigenvalue weighted by atomic mass is 10.2. The van der Waals surface area contributed by atoms with Gasteiger partial charge in [0.05, 0.1) is 32.6 Å². The molecule has 4 nitrogen and oxygen atoms in total. The van der Waals surface area contributed by atoms with Crippen LogP contribution in [0.2, 0.25) is 0 Å². The molecule has 3 N–H and O–H groups in total. The molecule has 1 atom stereocenters. The third-order valence-electron chi connectivity index (χ3n) is 3.17. The molecule has 2 rings (SSSR count). The molecule has 0 fully saturated rings. The summed E-state index contributed by atoms with van der Waals surface area (Å²) in [4.78, 5) is 1.21. The molecule has 6 heteroatoms. The van der Waals surface area contributed by atoms with E-state index in [0.717, 1.165) is 5.76 Å². The van der Waals surface area contributed by atoms with Crippen LogP contribution in [0.15, 0.2) is 47.1 Å². The van der Waals surface area contributed by atoms with Crippen LogP contribution in [0.5, 0.6) is 0 Å². The topological polar surface area (TPSA) is 41.6 Å². The van der Waals surface area contributed by atoms with Gasteiger partial charge in [-0.05, 0) is 36.5 Å². The number of hydrogen-bond acceptors (Lipinski definition) is 2. The maximum Gasteiger partial charge on any atom is 0.171 e. The van der Waals surface area contributed by atoms with Gasteiger partial charge in [0.2, 0.25) is 0 Å². The number of furan rings is 1. The van der Waals surface area contributed by atoms with E-state index in [-0.39, 0.29) is 11.9 Å². The summed E-state index contributed by atoms with van der Waals surface area (Å²) >= 11 is 5.20. The van der Waals surface area contributed by atoms with Gasteiger partial charge in [-0.25, -0.2) is 4.39 Å². The first-order chi connectivity index (χ1) is 10.1. The lowest BCUT2D eigenvalue weighted by Crippen LogP contribution is -3.07. The van der Waals surface area contributed by atoms with Crippen molar-refractivity contribution >= 4 is 23.0 Å². The molecule has 1 aromatic heterocycles. The largest absolute Gasteiger partial charge is 0.463 e. The van der Waals surface area contributed by atoms with E-state index >= 15 is 0 Å². The van der Waals surface area contributed by atoms with Gasteiger partial charge >= 0.3 is 0 Å². The van der Waals surface area contributed by atoms with Crippen LogP contribution in [0.1, 0.15) is 11.8 Å². The van der Waals surface area contributed by atoms with Crippen molar-refractivity contribution in [1.82, 2.24) is 5.32 Å². The highest BCUT2D eigenvalue weighted by Crippen LogP contribution is 2.12. The Balaban J connectivity index is 1.92. The lowest BCUT2D eigenvalue weighted by molar-refractivity contribution is -0.891. The molecule has 2 aromatic rings. The second-order valence-corrected chi connectivity index (χ2v) is 5.37. The number of anilines is 1. The van der Waals surface area contributed by atoms with Crippen molar-refractivity contribution in [3.8, 4) is 0 Å². The van der Waals surface area contributed by atoms with Crippen molar-refractivity contribution in [1.29, 1.82) is 0 Å². The van der Waals surface area contributed by atoms with Gasteiger partial charge in [-0.15, -0.1) is 0 Å². The van der Waals surface area contributed by atoms with Crippen molar-refractivity contribution in [3.63, 3.8) is 0 Å². The zero-order chi connectivity index (χ0) is 15.2. The van der Waals surface area contributed by atoms with E-state index < -0.39 is 0 Å². The van der Waals surface area contributed by atoms with Gasteiger partial charge in [-0.2, -0.15) is 0 Å². The average molecular weight is 308 g/mol. The fourth-order valence-corrected chi connectivity index (χ4v) is 2.20. The van der Waals surface area contributed by atoms with E-state index in [1.807, 2.05) is 26.2 Å². The molecule has 0 saturated heterocycles. The number of nitrogens with one attached hydrogen (secondary N) is 3. The fraction of sp³-hybridized carbons (Fsp3) is 0.267. The molecule has 0 radical (unpaired) electrons. The number of likely N-dealkylation sites (N-methyl/N-ethyl adjacent to an activating group) is 1. The van der Waals surface area contributed by atoms with Gasteiger partial charge < -0.3 is 20.0 Å². The first kappa shape index (κ1) is 15.5. The third kappa shape index (κ3) is 4.27. The molecule has 0 bridgehead atoms. The second-order valence-electron chi connectivity index (χ2n) is 4.96. The molecular weight excluding hydrogens is 289 g/mol. The van der Waals surface area contributed by atoms with Crippen LogP contribution >= 0.6 is 12.2 Å². The maximum absolute atomic E-state index is 13.5. The van der Waals surface area contributed by atoms with E-state index in [1.165, 1.54) is 11.0 Å². The van der Waals surface area contributed by atoms with Crippen molar-refractivity contribution in [2.45, 2.75) is 6.04 Å². The molecule has 0 aliphatic carbocycles. The summed E-state index contributed by atoms with van der Waals surface area (Å²) in [5.41, 5.74) is 0.363. The Morgan fingerprint density at radius 2 is 2.05 bits per heavy atom. The predicted octanol–water partition coefficient (Wildman–Crippen LogP) is 1.59. The standard InChI is InChI=1S/C15H18FN3OS/c1-19(2)13(14-8-5-9-20-14)10-17-15(21)18-12-7-4-3-6-11(12)16/h3-9,13H,10H2,1-2H3,(H2,17,18,21)/p+1/t13-/m0/s1. The zero-order valence-electron chi connectivity index (χ0n) is 12.0. The summed E-state index contributed by atoms with van der Waals surface area (Å²) in [6.07, 6.45) is 1.65. The van der Waals surface area contributed by atoms with Crippen LogP contribution in [-0.2, 0) is 0 Å². The van der Waals surface area contributed by atoms with Crippen LogP contribution in [0, 0.1) is 5.82 Å². The number of halogens is 1. The minimum absolute atomic E-state index is 0.125. The Bertz CT molecular complexity index is 586. The average Bonchev–Trinajstić information content (AvgIpc) is 2.95. The van der Waals surface area contributed by atoms with Crippen molar-refractivity contribution in [2.75, 3.05) is 26.0 Å². The van der Waals surface area contributed by atoms with Gasteiger partial charge in [-0.3, -0.25) is 0 Å². The number of quaternary nitrogens is 1. The number of rotatable bonds is 5. The minimum atomic E-state index is -0.331. The second kappa shape index (κ2) is 7.19. The summed E-state index contributed by atoms with van der Waals surface area (Å²) in [5, 5.41) is 6.34. The Morgan fingerprint density at radius 1 is 1.29 bits per heavy atom. The number of benzene rings is 1. The fourth-order valence-electron chi connectivity index (χ4n) is 2.00. The van der Waals surface area contributed by atoms with Crippen LogP contribution < -0.4 is 15.5 Å². The quantitative estimate of drug-likeness (QED) is 0.734. The molecule has 0 unspecified atom stereocenters. The van der Waals surface area contributed by atoms with Crippen LogP contribution in [0.4, 0.5) is 10.1 Å². The van der Waals surface area contributed by atoms with Gasteiger partial charge in [0.1, 0.15) is 5.82 Å². The Hall–Kier alpha value is -1.92. The van der Waals surface area contributed by atoms with Crippen molar-refractivity contribution < 1.29 is 13.7 Å². The van der Waals surface area contributed by atoms with Gasteiger partial charge in [-0.1, -0.05) is 12.1 Å². The number of thiocarbonyl (C=S) groups is 1. The Labute approximate surface area is 128 Å². The molecule has 1 aromatic carbocycles. The van der Waals surface area contributed by atoms with Crippen LogP contribution in [0.3, 0.4) is 0 Å². The maximum atomic E-state index is 13.5. The summed E-state index contributed by atoms with van der Waals surface area (Å²) in [6, 6.07) is 10.3. The minimum Gasteiger partial charge on any atom is -0.463 e. The van der Waals surface area contributed by atoms with Gasteiger partial charge in [0.25, 0.3) is 0 Å². The predicted molar refractivity (Wildman–Crippen MR) is 84.9 cm³/mol. The highest BCUT2D eigenvalue weighted by atomic mass is 32.1. The molecule has 0 spiro atoms. The lowest BCUT2D eigenvalue weighted by Gasteiger charge is -2.20. The molecule has 0 saturated carbocycles. The molecule has 0 aliphatic heterocycles. The van der Waals surface area contributed by atoms with Crippen LogP contribution in [0.25, 0.3) is 0 Å². The molecule has 1 heterocycles. The van der Waals surface area contributed by atoms with Gasteiger partial charge in [0, 0.05) is 0 Å². The van der Waals surface area contributed by atoms with Crippen molar-refractivity contribution in [2.24, 2.45) is 0 Å². The summed E-state index contributed by atoms with van der Waals surface area (Å²) < 4.78 is 19.0. The summed E-state index contributed by atoms with van der Waals surface area (Å²) in [7, 11) is 4.09. The van der Waals surface area contributed by atoms with E-state index in [4.69, 9.17) is 16.6 Å². The van der Waals surface area contributed by atoms with E-state index in [1.54, 1.807) is 24.5 Å². The Morgan fingerprint density at radius 3 is 2.67 bits per heavy atom. The summed E-state index contributed by atoms with van der Waals surface area (Å²) in [6.45, 7) is 0.593. The molecule has 0 amide bonds. The normalized spacial score (nSPS) is 12.2. The van der Waals surface area contributed by atoms with Crippen LogP contribution in [-0.4, -0.2) is 25.8 Å². The molecule has 0 aliphatic rings. The number of hydrogen-bond donors (Lipinski definition) is 3. The third-order valence-corrected chi connectivity index (χ3v) is 3.42. The van der Waals surface area contributed by atoms with E-state index in [2.05, 4.69) is 10.6 Å². The summed E-state index contributed by atoms with van der Waals surface area (Å²) in [5.74, 6) is 0.554. The smallest absolute Gasteiger partial charge is 0.171 e. The molecule has 21 heavy (non-hydrogen) atoms. The monoisotopic (exact) mass is 308 g/mol. The highest BCUT2D eigenvalue weighted by molar-refractivity contribution is 7.80. The van der Waals surface area contributed by atoms with Crippen molar-refractivity contribution in [3.05, 3.63) is 54.2 Å². The van der Waals surface area contributed by atoms with E-state index in [0.29, 0.717) is 17.3 Å². The number of para-hydroxylation sites is 1. The molecule has 112 valence electrons. The highest BCUT2D eigenvalue weighted by Gasteiger charge is 2.20. The first-order valence-corrected chi connectivity index (χ1v) is 7.11. The molecular formula is C15H19FN3OS+. The Kier molecular flexibility index (Phi) is 5.30. The first-order valence-electron chi connectivity index (χ1n) is 6.70. The zero-order valence-corrected chi connectivity index (χ0v) is 12.8. The van der Waals surface area contributed by atoms with E-state index in [9.17, 15) is 4.39 Å². The van der Waals surface area contributed by atoms with Gasteiger partial charge in [0.15, 0.2) is 16.9 Å². The SMILES string of the molecule is C[NH+](C)[C@@H](CNC(=S)Nc1ccccc1F)c1ccco1.